The molecular weight excluding hydrogens is 552 g/mol. The lowest BCUT2D eigenvalue weighted by Gasteiger charge is -2.29. The number of nitrogens with zero attached hydrogens (tertiary/aromatic N) is 5. The van der Waals surface area contributed by atoms with Gasteiger partial charge >= 0.3 is 6.09 Å². The molecule has 3 fully saturated rings. The van der Waals surface area contributed by atoms with Gasteiger partial charge in [-0.05, 0) is 51.3 Å². The van der Waals surface area contributed by atoms with Gasteiger partial charge in [0.15, 0.2) is 0 Å². The molecule has 2 aliphatic heterocycles. The maximum atomic E-state index is 13.2. The minimum Gasteiger partial charge on any atom is -0.444 e. The van der Waals surface area contributed by atoms with Crippen LogP contribution in [0.2, 0.25) is 0 Å². The third-order valence-corrected chi connectivity index (χ3v) is 10.6. The van der Waals surface area contributed by atoms with Crippen LogP contribution >= 0.6 is 11.3 Å². The molecule has 1 amide bonds. The summed E-state index contributed by atoms with van der Waals surface area (Å²) in [6.07, 6.45) is 9.33. The van der Waals surface area contributed by atoms with Crippen molar-refractivity contribution in [1.29, 1.82) is 0 Å². The van der Waals surface area contributed by atoms with E-state index in [1.54, 1.807) is 16.2 Å². The maximum absolute atomic E-state index is 13.2. The van der Waals surface area contributed by atoms with Crippen LogP contribution in [0, 0.1) is 11.3 Å². The van der Waals surface area contributed by atoms with Crippen molar-refractivity contribution in [1.82, 2.24) is 24.4 Å². The molecule has 0 radical (unpaired) electrons. The van der Waals surface area contributed by atoms with E-state index in [0.717, 1.165) is 26.5 Å². The predicted molar refractivity (Wildman–Crippen MR) is 164 cm³/mol. The summed E-state index contributed by atoms with van der Waals surface area (Å²) in [5.41, 5.74) is 2.52. The number of likely N-dealkylation sites (tertiary alicyclic amines) is 1. The number of carbonyl (C=O) groups is 1. The Hall–Kier alpha value is -3.44. The zero-order chi connectivity index (χ0) is 29.2. The molecule has 0 spiro atoms. The van der Waals surface area contributed by atoms with Gasteiger partial charge in [0.25, 0.3) is 5.56 Å². The van der Waals surface area contributed by atoms with Crippen LogP contribution in [0.15, 0.2) is 35.6 Å². The number of aliphatic hydroxyl groups is 1. The van der Waals surface area contributed by atoms with Crippen LogP contribution in [0.1, 0.15) is 58.9 Å². The molecule has 222 valence electrons. The lowest BCUT2D eigenvalue weighted by molar-refractivity contribution is 0.0258. The molecule has 2 atom stereocenters. The molecule has 4 aromatic rings. The van der Waals surface area contributed by atoms with E-state index in [0.29, 0.717) is 43.1 Å². The maximum Gasteiger partial charge on any atom is 0.410 e. The fraction of sp³-hybridized carbons (Fsp3) is 0.548. The Bertz CT molecular complexity index is 1710. The van der Waals surface area contributed by atoms with Gasteiger partial charge in [-0.25, -0.2) is 14.8 Å². The van der Waals surface area contributed by atoms with Gasteiger partial charge in [-0.1, -0.05) is 25.3 Å². The second-order valence-corrected chi connectivity index (χ2v) is 14.3. The smallest absolute Gasteiger partial charge is 0.410 e. The Labute approximate surface area is 248 Å². The number of amides is 1. The molecule has 2 saturated heterocycles. The van der Waals surface area contributed by atoms with Gasteiger partial charge in [-0.2, -0.15) is 0 Å². The lowest BCUT2D eigenvalue weighted by Crippen LogP contribution is -2.41. The topological polar surface area (TPSA) is 117 Å². The first-order chi connectivity index (χ1) is 20.2. The number of ether oxygens (including phenoxy) is 1. The first-order valence-electron chi connectivity index (χ1n) is 15.0. The summed E-state index contributed by atoms with van der Waals surface area (Å²) in [6.45, 7) is 7.64. The molecule has 5 heterocycles. The van der Waals surface area contributed by atoms with E-state index < -0.39 is 11.0 Å². The number of imidazole rings is 1. The predicted octanol–water partition coefficient (Wildman–Crippen LogP) is 5.17. The summed E-state index contributed by atoms with van der Waals surface area (Å²) in [5.74, 6) is 0.0615. The number of H-pyrrole nitrogens is 1. The minimum absolute atomic E-state index is 0.0431. The van der Waals surface area contributed by atoms with Crippen molar-refractivity contribution < 1.29 is 14.6 Å². The third kappa shape index (κ3) is 4.57. The second kappa shape index (κ2) is 10.1. The number of benzene rings is 1. The number of aliphatic hydroxyl groups excluding tert-OH is 1. The molecular formula is C31H38N6O4S. The molecule has 42 heavy (non-hydrogen) atoms. The van der Waals surface area contributed by atoms with E-state index in [1.807, 2.05) is 27.1 Å². The van der Waals surface area contributed by atoms with E-state index in [9.17, 15) is 14.7 Å². The lowest BCUT2D eigenvalue weighted by atomic mass is 9.82. The highest BCUT2D eigenvalue weighted by Crippen LogP contribution is 2.49. The highest BCUT2D eigenvalue weighted by atomic mass is 32.1. The third-order valence-electron chi connectivity index (χ3n) is 9.30. The standard InChI is InChI=1S/C31H38N6O4S/c1-30(2,3)41-29(40)36-13-20-12-35(14-31(20,15-36)16-38)28-24-25(32-17-33-27(24)39)26(42-28)19-9-10-23-22(11-19)34-18-37(23)21-7-5-4-6-8-21/h9-11,17-18,20-21,38H,4-8,12-16H2,1-3H3,(H,32,33,39). The van der Waals surface area contributed by atoms with Crippen LogP contribution in [-0.4, -0.2) is 74.0 Å². The van der Waals surface area contributed by atoms with Crippen molar-refractivity contribution in [2.75, 3.05) is 37.7 Å². The highest BCUT2D eigenvalue weighted by molar-refractivity contribution is 7.21. The monoisotopic (exact) mass is 590 g/mol. The van der Waals surface area contributed by atoms with Gasteiger partial charge in [0, 0.05) is 43.6 Å². The van der Waals surface area contributed by atoms with Gasteiger partial charge in [0.05, 0.1) is 40.7 Å². The van der Waals surface area contributed by atoms with E-state index in [1.165, 1.54) is 38.4 Å². The Morgan fingerprint density at radius 2 is 1.98 bits per heavy atom. The summed E-state index contributed by atoms with van der Waals surface area (Å²) in [5, 5.41) is 12.0. The molecule has 2 unspecified atom stereocenters. The number of aromatic amines is 1. The van der Waals surface area contributed by atoms with Crippen LogP contribution < -0.4 is 10.5 Å². The Morgan fingerprint density at radius 1 is 1.17 bits per heavy atom. The first kappa shape index (κ1) is 27.4. The molecule has 7 rings (SSSR count). The number of fused-ring (bicyclic) bond motifs is 3. The number of carbonyl (C=O) groups excluding carboxylic acids is 1. The van der Waals surface area contributed by atoms with Gasteiger partial charge < -0.3 is 29.2 Å². The number of hydrogen-bond acceptors (Lipinski definition) is 8. The van der Waals surface area contributed by atoms with Crippen molar-refractivity contribution in [3.8, 4) is 10.4 Å². The van der Waals surface area contributed by atoms with Gasteiger partial charge in [-0.15, -0.1) is 11.3 Å². The quantitative estimate of drug-likeness (QED) is 0.337. The number of thiophene rings is 1. The molecule has 2 N–H and O–H groups in total. The van der Waals surface area contributed by atoms with E-state index in [2.05, 4.69) is 37.6 Å². The number of rotatable bonds is 4. The van der Waals surface area contributed by atoms with Crippen LogP contribution in [0.5, 0.6) is 0 Å². The summed E-state index contributed by atoms with van der Waals surface area (Å²) in [4.78, 5) is 43.1. The largest absolute Gasteiger partial charge is 0.444 e. The van der Waals surface area contributed by atoms with Gasteiger partial charge in [-0.3, -0.25) is 4.79 Å². The van der Waals surface area contributed by atoms with Crippen molar-refractivity contribution in [2.24, 2.45) is 11.3 Å². The van der Waals surface area contributed by atoms with Crippen LogP contribution in [0.4, 0.5) is 9.80 Å². The fourth-order valence-electron chi connectivity index (χ4n) is 7.23. The normalized spacial score (nSPS) is 23.3. The summed E-state index contributed by atoms with van der Waals surface area (Å²) >= 11 is 1.57. The molecule has 3 aromatic heterocycles. The summed E-state index contributed by atoms with van der Waals surface area (Å²) in [7, 11) is 0. The summed E-state index contributed by atoms with van der Waals surface area (Å²) < 4.78 is 7.94. The first-order valence-corrected chi connectivity index (χ1v) is 15.8. The van der Waals surface area contributed by atoms with Crippen molar-refractivity contribution in [3.05, 3.63) is 41.2 Å². The molecule has 1 aromatic carbocycles. The molecule has 10 nitrogen and oxygen atoms in total. The Balaban J connectivity index is 1.21. The minimum atomic E-state index is -0.579. The van der Waals surface area contributed by atoms with Crippen LogP contribution in [0.3, 0.4) is 0 Å². The molecule has 1 saturated carbocycles. The van der Waals surface area contributed by atoms with E-state index in [4.69, 9.17) is 9.72 Å². The number of aromatic nitrogens is 4. The van der Waals surface area contributed by atoms with Gasteiger partial charge in [0.1, 0.15) is 16.0 Å². The van der Waals surface area contributed by atoms with Crippen LogP contribution in [0.25, 0.3) is 32.4 Å². The highest BCUT2D eigenvalue weighted by Gasteiger charge is 2.54. The SMILES string of the molecule is CC(C)(C)OC(=O)N1CC2CN(c3sc(-c4ccc5c(c4)ncn5C4CCCCC4)c4nc[nH]c(=O)c34)CC2(CO)C1. The van der Waals surface area contributed by atoms with Crippen molar-refractivity contribution in [2.45, 2.75) is 64.5 Å². The average molecular weight is 591 g/mol. The van der Waals surface area contributed by atoms with Gasteiger partial charge in [0.2, 0.25) is 0 Å². The number of anilines is 1. The zero-order valence-corrected chi connectivity index (χ0v) is 25.2. The van der Waals surface area contributed by atoms with Crippen LogP contribution in [-0.2, 0) is 4.74 Å². The molecule has 0 bridgehead atoms. The van der Waals surface area contributed by atoms with Crippen molar-refractivity contribution >= 4 is 44.4 Å². The Kier molecular flexibility index (Phi) is 6.58. The summed E-state index contributed by atoms with van der Waals surface area (Å²) in [6, 6.07) is 6.88. The van der Waals surface area contributed by atoms with Crippen molar-refractivity contribution in [3.63, 3.8) is 0 Å². The molecule has 11 heteroatoms. The molecule has 1 aliphatic carbocycles. The fourth-order valence-corrected chi connectivity index (χ4v) is 8.48. The van der Waals surface area contributed by atoms with E-state index >= 15 is 0 Å². The average Bonchev–Trinajstić information content (AvgIpc) is 3.72. The Morgan fingerprint density at radius 3 is 2.71 bits per heavy atom. The number of nitrogens with one attached hydrogen (secondary N) is 1. The second-order valence-electron chi connectivity index (χ2n) is 13.3. The number of hydrogen-bond donors (Lipinski definition) is 2. The molecule has 3 aliphatic rings. The van der Waals surface area contributed by atoms with E-state index in [-0.39, 0.29) is 24.2 Å². The zero-order valence-electron chi connectivity index (χ0n) is 24.4.